The summed E-state index contributed by atoms with van der Waals surface area (Å²) in [6.07, 6.45) is 1.96. The zero-order valence-corrected chi connectivity index (χ0v) is 13.6. The number of amides is 1. The maximum absolute atomic E-state index is 12.1. The van der Waals surface area contributed by atoms with E-state index in [1.807, 2.05) is 12.4 Å². The van der Waals surface area contributed by atoms with Gasteiger partial charge in [0.1, 0.15) is 11.4 Å². The third-order valence-electron chi connectivity index (χ3n) is 3.15. The van der Waals surface area contributed by atoms with Crippen LogP contribution in [-0.2, 0) is 13.5 Å². The SMILES string of the molecule is Cn1c(Cc2csc(NC(=O)c3ccc[nH]c3=O)n2)n[nH]c1=S. The molecule has 3 aromatic rings. The first-order valence-corrected chi connectivity index (χ1v) is 7.87. The van der Waals surface area contributed by atoms with E-state index in [4.69, 9.17) is 12.2 Å². The molecule has 3 heterocycles. The third kappa shape index (κ3) is 3.27. The van der Waals surface area contributed by atoms with Crippen molar-refractivity contribution in [1.82, 2.24) is 24.7 Å². The van der Waals surface area contributed by atoms with Gasteiger partial charge in [0.05, 0.1) is 12.1 Å². The van der Waals surface area contributed by atoms with E-state index in [-0.39, 0.29) is 5.56 Å². The first-order valence-electron chi connectivity index (χ1n) is 6.58. The number of rotatable bonds is 4. The fourth-order valence-corrected chi connectivity index (χ4v) is 2.77. The van der Waals surface area contributed by atoms with Crippen LogP contribution < -0.4 is 10.9 Å². The number of hydrogen-bond donors (Lipinski definition) is 3. The van der Waals surface area contributed by atoms with Crippen LogP contribution in [-0.4, -0.2) is 30.6 Å². The lowest BCUT2D eigenvalue weighted by atomic mass is 10.2. The Morgan fingerprint density at radius 1 is 1.52 bits per heavy atom. The summed E-state index contributed by atoms with van der Waals surface area (Å²) < 4.78 is 2.29. The van der Waals surface area contributed by atoms with Gasteiger partial charge in [0.2, 0.25) is 0 Å². The first-order chi connectivity index (χ1) is 11.0. The smallest absolute Gasteiger partial charge is 0.263 e. The largest absolute Gasteiger partial charge is 0.328 e. The molecular weight excluding hydrogens is 336 g/mol. The molecule has 0 saturated carbocycles. The first kappa shape index (κ1) is 15.3. The van der Waals surface area contributed by atoms with Gasteiger partial charge in [0, 0.05) is 18.6 Å². The minimum Gasteiger partial charge on any atom is -0.328 e. The Kier molecular flexibility index (Phi) is 4.17. The summed E-state index contributed by atoms with van der Waals surface area (Å²) in [7, 11) is 1.82. The second kappa shape index (κ2) is 6.26. The Balaban J connectivity index is 1.74. The number of nitrogens with zero attached hydrogens (tertiary/aromatic N) is 3. The van der Waals surface area contributed by atoms with E-state index in [1.54, 1.807) is 10.6 Å². The van der Waals surface area contributed by atoms with Gasteiger partial charge >= 0.3 is 0 Å². The summed E-state index contributed by atoms with van der Waals surface area (Å²) >= 11 is 6.34. The molecule has 3 rings (SSSR count). The molecule has 3 aromatic heterocycles. The second-order valence-electron chi connectivity index (χ2n) is 4.69. The molecule has 1 amide bonds. The molecule has 118 valence electrons. The van der Waals surface area contributed by atoms with Crippen molar-refractivity contribution < 1.29 is 4.79 Å². The Morgan fingerprint density at radius 2 is 2.35 bits per heavy atom. The van der Waals surface area contributed by atoms with Crippen molar-refractivity contribution in [2.24, 2.45) is 7.05 Å². The van der Waals surface area contributed by atoms with Crippen molar-refractivity contribution in [2.45, 2.75) is 6.42 Å². The molecular formula is C13H12N6O2S2. The van der Waals surface area contributed by atoms with Crippen LogP contribution in [0.3, 0.4) is 0 Å². The summed E-state index contributed by atoms with van der Waals surface area (Å²) in [5, 5.41) is 11.7. The highest BCUT2D eigenvalue weighted by Gasteiger charge is 2.13. The molecule has 0 bridgehead atoms. The fraction of sp³-hybridized carbons (Fsp3) is 0.154. The van der Waals surface area contributed by atoms with E-state index < -0.39 is 11.5 Å². The number of aromatic nitrogens is 5. The van der Waals surface area contributed by atoms with Gasteiger partial charge < -0.3 is 9.55 Å². The fourth-order valence-electron chi connectivity index (χ4n) is 1.91. The number of aromatic amines is 2. The maximum Gasteiger partial charge on any atom is 0.263 e. The molecule has 0 saturated heterocycles. The summed E-state index contributed by atoms with van der Waals surface area (Å²) in [6, 6.07) is 3.05. The van der Waals surface area contributed by atoms with Gasteiger partial charge in [-0.1, -0.05) is 0 Å². The molecule has 0 atom stereocenters. The molecule has 8 nitrogen and oxygen atoms in total. The quantitative estimate of drug-likeness (QED) is 0.619. The number of H-pyrrole nitrogens is 2. The summed E-state index contributed by atoms with van der Waals surface area (Å²) in [4.78, 5) is 30.4. The van der Waals surface area contributed by atoms with Crippen LogP contribution in [0.15, 0.2) is 28.5 Å². The molecule has 0 unspecified atom stereocenters. The van der Waals surface area contributed by atoms with Gasteiger partial charge in [-0.15, -0.1) is 11.3 Å². The maximum atomic E-state index is 12.1. The molecule has 10 heteroatoms. The third-order valence-corrected chi connectivity index (χ3v) is 4.32. The zero-order chi connectivity index (χ0) is 16.4. The number of pyridine rings is 1. The van der Waals surface area contributed by atoms with Gasteiger partial charge in [0.25, 0.3) is 11.5 Å². The number of carbonyl (C=O) groups is 1. The number of nitrogens with one attached hydrogen (secondary N) is 3. The normalized spacial score (nSPS) is 10.7. The van der Waals surface area contributed by atoms with E-state index in [1.165, 1.54) is 23.6 Å². The molecule has 0 spiro atoms. The van der Waals surface area contributed by atoms with Crippen LogP contribution in [0.2, 0.25) is 0 Å². The monoisotopic (exact) mass is 348 g/mol. The van der Waals surface area contributed by atoms with Crippen molar-refractivity contribution in [3.05, 3.63) is 55.9 Å². The Bertz CT molecular complexity index is 967. The standard InChI is InChI=1S/C13H12N6O2S2/c1-19-9(17-18-13(19)22)5-7-6-23-12(15-7)16-11(21)8-3-2-4-14-10(8)20/h2-4,6H,5H2,1H3,(H,14,20)(H,18,22)(H,15,16,21). The Hall–Kier alpha value is -2.59. The predicted octanol–water partition coefficient (Wildman–Crippen LogP) is 1.47. The lowest BCUT2D eigenvalue weighted by Gasteiger charge is -2.00. The van der Waals surface area contributed by atoms with E-state index in [0.717, 1.165) is 11.5 Å². The van der Waals surface area contributed by atoms with Gasteiger partial charge in [-0.25, -0.2) is 4.98 Å². The van der Waals surface area contributed by atoms with Crippen LogP contribution in [0.25, 0.3) is 0 Å². The average molecular weight is 348 g/mol. The van der Waals surface area contributed by atoms with Crippen molar-refractivity contribution in [1.29, 1.82) is 0 Å². The van der Waals surface area contributed by atoms with Crippen molar-refractivity contribution >= 4 is 34.6 Å². The Morgan fingerprint density at radius 3 is 3.04 bits per heavy atom. The summed E-state index contributed by atoms with van der Waals surface area (Å²) in [5.74, 6) is 0.253. The minimum absolute atomic E-state index is 0.0405. The molecule has 0 aliphatic rings. The lowest BCUT2D eigenvalue weighted by molar-refractivity contribution is 0.102. The number of thiazole rings is 1. The molecule has 0 radical (unpaired) electrons. The number of hydrogen-bond acceptors (Lipinski definition) is 6. The summed E-state index contributed by atoms with van der Waals surface area (Å²) in [5.41, 5.74) is 0.353. The topological polar surface area (TPSA) is 108 Å². The van der Waals surface area contributed by atoms with Gasteiger partial charge in [-0.05, 0) is 24.4 Å². The van der Waals surface area contributed by atoms with E-state index in [9.17, 15) is 9.59 Å². The van der Waals surface area contributed by atoms with E-state index in [0.29, 0.717) is 16.3 Å². The van der Waals surface area contributed by atoms with Gasteiger partial charge in [0.15, 0.2) is 9.90 Å². The van der Waals surface area contributed by atoms with Crippen LogP contribution >= 0.6 is 23.6 Å². The number of anilines is 1. The highest BCUT2D eigenvalue weighted by Crippen LogP contribution is 2.18. The van der Waals surface area contributed by atoms with E-state index >= 15 is 0 Å². The predicted molar refractivity (Wildman–Crippen MR) is 88.3 cm³/mol. The van der Waals surface area contributed by atoms with Crippen molar-refractivity contribution in [3.8, 4) is 0 Å². The highest BCUT2D eigenvalue weighted by molar-refractivity contribution is 7.71. The summed E-state index contributed by atoms with van der Waals surface area (Å²) in [6.45, 7) is 0. The number of carbonyl (C=O) groups excluding carboxylic acids is 1. The lowest BCUT2D eigenvalue weighted by Crippen LogP contribution is -2.22. The van der Waals surface area contributed by atoms with Gasteiger partial charge in [-0.3, -0.25) is 20.0 Å². The van der Waals surface area contributed by atoms with Crippen molar-refractivity contribution in [2.75, 3.05) is 5.32 Å². The zero-order valence-electron chi connectivity index (χ0n) is 12.0. The Labute approximate surface area is 139 Å². The van der Waals surface area contributed by atoms with Crippen LogP contribution in [0.4, 0.5) is 5.13 Å². The molecule has 23 heavy (non-hydrogen) atoms. The van der Waals surface area contributed by atoms with Crippen molar-refractivity contribution in [3.63, 3.8) is 0 Å². The van der Waals surface area contributed by atoms with Crippen LogP contribution in [0, 0.1) is 4.77 Å². The highest BCUT2D eigenvalue weighted by atomic mass is 32.1. The van der Waals surface area contributed by atoms with Gasteiger partial charge in [-0.2, -0.15) is 5.10 Å². The average Bonchev–Trinajstić information content (AvgIpc) is 3.09. The van der Waals surface area contributed by atoms with Crippen LogP contribution in [0.1, 0.15) is 21.9 Å². The molecule has 0 fully saturated rings. The van der Waals surface area contributed by atoms with E-state index in [2.05, 4.69) is 25.5 Å². The van der Waals surface area contributed by atoms with Crippen LogP contribution in [0.5, 0.6) is 0 Å². The molecule has 0 aliphatic heterocycles. The molecule has 3 N–H and O–H groups in total. The molecule has 0 aliphatic carbocycles. The minimum atomic E-state index is -0.495. The molecule has 0 aromatic carbocycles. The second-order valence-corrected chi connectivity index (χ2v) is 5.94.